The maximum Gasteiger partial charge on any atom is 0.225 e. The molecular weight excluding hydrogens is 372 g/mol. The lowest BCUT2D eigenvalue weighted by Crippen LogP contribution is -2.43. The summed E-state index contributed by atoms with van der Waals surface area (Å²) in [5.41, 5.74) is 0. The molecule has 3 aromatic rings. The van der Waals surface area contributed by atoms with E-state index in [0.29, 0.717) is 13.1 Å². The van der Waals surface area contributed by atoms with Crippen molar-refractivity contribution < 1.29 is 9.21 Å². The summed E-state index contributed by atoms with van der Waals surface area (Å²) >= 11 is 1.60. The van der Waals surface area contributed by atoms with Gasteiger partial charge in [0.1, 0.15) is 10.8 Å². The predicted molar refractivity (Wildman–Crippen MR) is 108 cm³/mol. The number of aromatic nitrogens is 2. The number of carbonyl (C=O) groups excluding carboxylic acids is 1. The Labute approximate surface area is 168 Å². The molecule has 1 aliphatic rings. The molecule has 2 aromatic heterocycles. The standard InChI is InChI=1S/C21H22N4O2S/c26-20(24-14-17-7-5-13-27-17)16-6-4-12-25(15-16)19-21(23-11-10-22-19)28-18-8-2-1-3-9-18/h1-3,5,7-11,13,16H,4,6,12,14-15H2,(H,24,26)/t16-/m1/s1. The van der Waals surface area contributed by atoms with Gasteiger partial charge >= 0.3 is 0 Å². The van der Waals surface area contributed by atoms with Gasteiger partial charge in [0.2, 0.25) is 5.91 Å². The fraction of sp³-hybridized carbons (Fsp3) is 0.286. The summed E-state index contributed by atoms with van der Waals surface area (Å²) in [7, 11) is 0. The Bertz CT molecular complexity index is 902. The van der Waals surface area contributed by atoms with Gasteiger partial charge in [0.25, 0.3) is 0 Å². The summed E-state index contributed by atoms with van der Waals surface area (Å²) < 4.78 is 5.29. The van der Waals surface area contributed by atoms with Gasteiger partial charge in [-0.1, -0.05) is 30.0 Å². The number of hydrogen-bond donors (Lipinski definition) is 1. The van der Waals surface area contributed by atoms with Crippen molar-refractivity contribution in [2.24, 2.45) is 5.92 Å². The van der Waals surface area contributed by atoms with E-state index >= 15 is 0 Å². The van der Waals surface area contributed by atoms with Gasteiger partial charge in [0.15, 0.2) is 5.82 Å². The zero-order chi connectivity index (χ0) is 19.2. The summed E-state index contributed by atoms with van der Waals surface area (Å²) in [6.45, 7) is 1.94. The molecule has 0 aliphatic carbocycles. The number of furan rings is 1. The van der Waals surface area contributed by atoms with Crippen molar-refractivity contribution in [1.29, 1.82) is 0 Å². The summed E-state index contributed by atoms with van der Waals surface area (Å²) in [5, 5.41) is 3.85. The van der Waals surface area contributed by atoms with Crippen LogP contribution >= 0.6 is 11.8 Å². The second-order valence-corrected chi connectivity index (χ2v) is 7.74. The van der Waals surface area contributed by atoms with E-state index in [4.69, 9.17) is 4.42 Å². The lowest BCUT2D eigenvalue weighted by Gasteiger charge is -2.33. The molecule has 0 unspecified atom stereocenters. The molecule has 1 fully saturated rings. The van der Waals surface area contributed by atoms with Crippen molar-refractivity contribution in [3.8, 4) is 0 Å². The third-order valence-electron chi connectivity index (χ3n) is 4.71. The molecule has 3 heterocycles. The second kappa shape index (κ2) is 8.93. The van der Waals surface area contributed by atoms with E-state index in [1.165, 1.54) is 0 Å². The maximum absolute atomic E-state index is 12.6. The first-order chi connectivity index (χ1) is 13.8. The van der Waals surface area contributed by atoms with E-state index in [1.807, 2.05) is 30.3 Å². The fourth-order valence-corrected chi connectivity index (χ4v) is 4.23. The predicted octanol–water partition coefficient (Wildman–Crippen LogP) is 3.75. The van der Waals surface area contributed by atoms with Gasteiger partial charge in [-0.15, -0.1) is 0 Å². The summed E-state index contributed by atoms with van der Waals surface area (Å²) in [5.74, 6) is 1.60. The monoisotopic (exact) mass is 394 g/mol. The van der Waals surface area contributed by atoms with Gasteiger partial charge in [0, 0.05) is 30.4 Å². The Balaban J connectivity index is 1.43. The Morgan fingerprint density at radius 1 is 1.18 bits per heavy atom. The zero-order valence-corrected chi connectivity index (χ0v) is 16.3. The minimum Gasteiger partial charge on any atom is -0.467 e. The van der Waals surface area contributed by atoms with Gasteiger partial charge in [-0.05, 0) is 37.1 Å². The van der Waals surface area contributed by atoms with E-state index in [9.17, 15) is 4.79 Å². The van der Waals surface area contributed by atoms with E-state index in [2.05, 4.69) is 32.3 Å². The van der Waals surface area contributed by atoms with Crippen LogP contribution in [0.15, 0.2) is 75.5 Å². The topological polar surface area (TPSA) is 71.3 Å². The first kappa shape index (κ1) is 18.6. The number of amides is 1. The van der Waals surface area contributed by atoms with E-state index < -0.39 is 0 Å². The quantitative estimate of drug-likeness (QED) is 0.687. The Morgan fingerprint density at radius 2 is 2.04 bits per heavy atom. The van der Waals surface area contributed by atoms with E-state index in [-0.39, 0.29) is 11.8 Å². The molecule has 7 heteroatoms. The minimum atomic E-state index is -0.0692. The highest BCUT2D eigenvalue weighted by Crippen LogP contribution is 2.33. The van der Waals surface area contributed by atoms with Gasteiger partial charge in [-0.2, -0.15) is 0 Å². The van der Waals surface area contributed by atoms with Crippen LogP contribution in [0.5, 0.6) is 0 Å². The maximum atomic E-state index is 12.6. The number of anilines is 1. The van der Waals surface area contributed by atoms with E-state index in [1.54, 1.807) is 30.4 Å². The molecule has 0 saturated carbocycles. The van der Waals surface area contributed by atoms with Crippen LogP contribution in [-0.4, -0.2) is 29.0 Å². The minimum absolute atomic E-state index is 0.0576. The lowest BCUT2D eigenvalue weighted by molar-refractivity contribution is -0.125. The smallest absolute Gasteiger partial charge is 0.225 e. The average molecular weight is 395 g/mol. The molecular formula is C21H22N4O2S. The molecule has 4 rings (SSSR count). The number of nitrogens with zero attached hydrogens (tertiary/aromatic N) is 3. The first-order valence-electron chi connectivity index (χ1n) is 9.38. The van der Waals surface area contributed by atoms with Crippen LogP contribution in [0.1, 0.15) is 18.6 Å². The highest BCUT2D eigenvalue weighted by Gasteiger charge is 2.28. The summed E-state index contributed by atoms with van der Waals surface area (Å²) in [4.78, 5) is 25.0. The van der Waals surface area contributed by atoms with Crippen LogP contribution in [0.4, 0.5) is 5.82 Å². The number of carbonyl (C=O) groups is 1. The van der Waals surface area contributed by atoms with Gasteiger partial charge < -0.3 is 14.6 Å². The van der Waals surface area contributed by atoms with Gasteiger partial charge in [-0.3, -0.25) is 4.79 Å². The molecule has 1 N–H and O–H groups in total. The molecule has 1 aliphatic heterocycles. The highest BCUT2D eigenvalue weighted by atomic mass is 32.2. The largest absolute Gasteiger partial charge is 0.467 e. The number of rotatable bonds is 6. The van der Waals surface area contributed by atoms with Crippen LogP contribution in [0.2, 0.25) is 0 Å². The van der Waals surface area contributed by atoms with Crippen LogP contribution in [-0.2, 0) is 11.3 Å². The fourth-order valence-electron chi connectivity index (χ4n) is 3.32. The van der Waals surface area contributed by atoms with Crippen molar-refractivity contribution in [3.05, 3.63) is 66.9 Å². The first-order valence-corrected chi connectivity index (χ1v) is 10.2. The summed E-state index contributed by atoms with van der Waals surface area (Å²) in [6, 6.07) is 13.8. The van der Waals surface area contributed by atoms with Gasteiger partial charge in [-0.25, -0.2) is 9.97 Å². The molecule has 0 spiro atoms. The third kappa shape index (κ3) is 4.54. The van der Waals surface area contributed by atoms with Crippen molar-refractivity contribution >= 4 is 23.5 Å². The highest BCUT2D eigenvalue weighted by molar-refractivity contribution is 7.99. The molecule has 0 radical (unpaired) electrons. The normalized spacial score (nSPS) is 16.7. The molecule has 144 valence electrons. The molecule has 1 atom stereocenters. The van der Waals surface area contributed by atoms with Crippen LogP contribution < -0.4 is 10.2 Å². The average Bonchev–Trinajstić information content (AvgIpc) is 3.27. The van der Waals surface area contributed by atoms with Crippen molar-refractivity contribution in [2.75, 3.05) is 18.0 Å². The number of piperidine rings is 1. The molecule has 28 heavy (non-hydrogen) atoms. The molecule has 6 nitrogen and oxygen atoms in total. The van der Waals surface area contributed by atoms with E-state index in [0.717, 1.165) is 40.9 Å². The van der Waals surface area contributed by atoms with Crippen LogP contribution in [0.3, 0.4) is 0 Å². The van der Waals surface area contributed by atoms with Crippen LogP contribution in [0.25, 0.3) is 0 Å². The lowest BCUT2D eigenvalue weighted by atomic mass is 9.97. The summed E-state index contributed by atoms with van der Waals surface area (Å²) in [6.07, 6.45) is 6.87. The van der Waals surface area contributed by atoms with Crippen LogP contribution in [0, 0.1) is 5.92 Å². The number of benzene rings is 1. The Hall–Kier alpha value is -2.80. The molecule has 1 amide bonds. The molecule has 0 bridgehead atoms. The van der Waals surface area contributed by atoms with Crippen molar-refractivity contribution in [1.82, 2.24) is 15.3 Å². The second-order valence-electron chi connectivity index (χ2n) is 6.68. The zero-order valence-electron chi connectivity index (χ0n) is 15.5. The third-order valence-corrected chi connectivity index (χ3v) is 5.70. The van der Waals surface area contributed by atoms with Crippen molar-refractivity contribution in [2.45, 2.75) is 29.3 Å². The number of nitrogens with one attached hydrogen (secondary N) is 1. The molecule has 1 aromatic carbocycles. The molecule has 1 saturated heterocycles. The van der Waals surface area contributed by atoms with Gasteiger partial charge in [0.05, 0.1) is 18.7 Å². The number of hydrogen-bond acceptors (Lipinski definition) is 6. The Kier molecular flexibility index (Phi) is 5.92. The SMILES string of the molecule is O=C(NCc1ccco1)[C@@H]1CCCN(c2nccnc2Sc2ccccc2)C1. The Morgan fingerprint density at radius 3 is 2.86 bits per heavy atom. The van der Waals surface area contributed by atoms with Crippen molar-refractivity contribution in [3.63, 3.8) is 0 Å².